The Morgan fingerprint density at radius 3 is 2.92 bits per heavy atom. The van der Waals surface area contributed by atoms with Crippen LogP contribution in [0.4, 0.5) is 5.69 Å². The highest BCUT2D eigenvalue weighted by Crippen LogP contribution is 2.34. The van der Waals surface area contributed by atoms with Gasteiger partial charge < -0.3 is 15.0 Å². The predicted molar refractivity (Wildman–Crippen MR) is 95.7 cm³/mol. The summed E-state index contributed by atoms with van der Waals surface area (Å²) >= 11 is 0. The normalized spacial score (nSPS) is 19.9. The van der Waals surface area contributed by atoms with Crippen LogP contribution in [0.1, 0.15) is 43.0 Å². The van der Waals surface area contributed by atoms with Crippen molar-refractivity contribution in [3.05, 3.63) is 23.8 Å². The maximum atomic E-state index is 12.6. The van der Waals surface area contributed by atoms with Crippen molar-refractivity contribution in [2.45, 2.75) is 43.5 Å². The van der Waals surface area contributed by atoms with Crippen molar-refractivity contribution in [3.63, 3.8) is 0 Å². The third-order valence-corrected chi connectivity index (χ3v) is 5.74. The number of methoxy groups -OCH3 is 1. The van der Waals surface area contributed by atoms with Crippen molar-refractivity contribution in [1.82, 2.24) is 5.32 Å². The highest BCUT2D eigenvalue weighted by atomic mass is 32.2. The van der Waals surface area contributed by atoms with Gasteiger partial charge in [0.05, 0.1) is 12.3 Å². The van der Waals surface area contributed by atoms with Crippen LogP contribution >= 0.6 is 0 Å². The number of ether oxygens (including phenoxy) is 1. The highest BCUT2D eigenvalue weighted by Gasteiger charge is 2.32. The number of hydrogen-bond acceptors (Lipinski definition) is 5. The van der Waals surface area contributed by atoms with E-state index in [4.69, 9.17) is 4.74 Å². The number of fused-ring (bicyclic) bond motifs is 3. The third kappa shape index (κ3) is 3.69. The van der Waals surface area contributed by atoms with Gasteiger partial charge in [-0.05, 0) is 38.0 Å². The first-order valence-corrected chi connectivity index (χ1v) is 9.91. The zero-order valence-corrected chi connectivity index (χ0v) is 15.3. The van der Waals surface area contributed by atoms with Crippen molar-refractivity contribution in [3.8, 4) is 0 Å². The van der Waals surface area contributed by atoms with E-state index in [0.717, 1.165) is 25.8 Å². The molecule has 3 rings (SSSR count). The van der Waals surface area contributed by atoms with Crippen LogP contribution in [0.5, 0.6) is 0 Å². The van der Waals surface area contributed by atoms with Gasteiger partial charge in [-0.3, -0.25) is 4.79 Å². The highest BCUT2D eigenvalue weighted by molar-refractivity contribution is 7.90. The second-order valence-corrected chi connectivity index (χ2v) is 8.03. The summed E-state index contributed by atoms with van der Waals surface area (Å²) in [6.07, 6.45) is 3.66. The largest absolute Gasteiger partial charge is 0.383 e. The molecule has 1 aromatic rings. The van der Waals surface area contributed by atoms with E-state index in [9.17, 15) is 13.2 Å². The summed E-state index contributed by atoms with van der Waals surface area (Å²) in [6.45, 7) is 2.96. The second-order valence-electron chi connectivity index (χ2n) is 6.46. The fourth-order valence-corrected chi connectivity index (χ4v) is 4.50. The first-order valence-electron chi connectivity index (χ1n) is 8.47. The summed E-state index contributed by atoms with van der Waals surface area (Å²) in [5, 5.41) is 2.79. The lowest BCUT2D eigenvalue weighted by atomic mass is 10.1. The molecule has 136 valence electrons. The molecule has 1 fully saturated rings. The van der Waals surface area contributed by atoms with Crippen molar-refractivity contribution in [2.75, 3.05) is 25.2 Å². The molecule has 1 unspecified atom stereocenters. The lowest BCUT2D eigenvalue weighted by Crippen LogP contribution is -2.37. The lowest BCUT2D eigenvalue weighted by molar-refractivity contribution is 0.0905. The van der Waals surface area contributed by atoms with Crippen LogP contribution in [-0.4, -0.2) is 46.5 Å². The average Bonchev–Trinajstić information content (AvgIpc) is 2.79. The number of nitrogens with zero attached hydrogens (tertiary/aromatic N) is 2. The van der Waals surface area contributed by atoms with Gasteiger partial charge in [0.1, 0.15) is 10.7 Å². The molecule has 7 nitrogen and oxygen atoms in total. The molecule has 0 aromatic heterocycles. The molecule has 0 radical (unpaired) electrons. The Balaban J connectivity index is 1.94. The SMILES string of the molecule is COCC(C)NC(=O)c1ccc2c(c1)S(=O)(=O)N=C1CCCCCN12. The molecule has 2 heterocycles. The third-order valence-electron chi connectivity index (χ3n) is 4.40. The summed E-state index contributed by atoms with van der Waals surface area (Å²) in [5.41, 5.74) is 0.923. The first-order chi connectivity index (χ1) is 11.9. The van der Waals surface area contributed by atoms with Gasteiger partial charge in [0, 0.05) is 31.7 Å². The second kappa shape index (κ2) is 7.13. The average molecular weight is 365 g/mol. The minimum atomic E-state index is -3.78. The number of anilines is 1. The summed E-state index contributed by atoms with van der Waals surface area (Å²) < 4.78 is 34.1. The number of carbonyl (C=O) groups is 1. The van der Waals surface area contributed by atoms with Gasteiger partial charge in [0.25, 0.3) is 15.9 Å². The smallest absolute Gasteiger partial charge is 0.286 e. The van der Waals surface area contributed by atoms with Crippen LogP contribution in [0, 0.1) is 0 Å². The summed E-state index contributed by atoms with van der Waals surface area (Å²) in [5.74, 6) is 0.282. The Hall–Kier alpha value is -1.93. The van der Waals surface area contributed by atoms with E-state index in [1.54, 1.807) is 19.2 Å². The Morgan fingerprint density at radius 2 is 2.16 bits per heavy atom. The van der Waals surface area contributed by atoms with Crippen molar-refractivity contribution in [1.29, 1.82) is 0 Å². The predicted octanol–water partition coefficient (Wildman–Crippen LogP) is 1.93. The fourth-order valence-electron chi connectivity index (χ4n) is 3.22. The first kappa shape index (κ1) is 17.9. The van der Waals surface area contributed by atoms with Crippen LogP contribution in [0.2, 0.25) is 0 Å². The molecule has 8 heteroatoms. The maximum absolute atomic E-state index is 12.6. The molecule has 0 spiro atoms. The molecule has 1 aromatic carbocycles. The van der Waals surface area contributed by atoms with E-state index in [1.165, 1.54) is 6.07 Å². The van der Waals surface area contributed by atoms with Gasteiger partial charge in [-0.2, -0.15) is 8.42 Å². The number of amidine groups is 1. The van der Waals surface area contributed by atoms with Crippen LogP contribution in [0.3, 0.4) is 0 Å². The Labute approximate surface area is 148 Å². The molecule has 0 saturated carbocycles. The van der Waals surface area contributed by atoms with E-state index in [0.29, 0.717) is 30.1 Å². The number of sulfonamides is 1. The van der Waals surface area contributed by atoms with Gasteiger partial charge in [0.2, 0.25) is 0 Å². The van der Waals surface area contributed by atoms with E-state index in [-0.39, 0.29) is 16.8 Å². The topological polar surface area (TPSA) is 88.1 Å². The molecule has 0 bridgehead atoms. The van der Waals surface area contributed by atoms with Gasteiger partial charge in [-0.15, -0.1) is 4.40 Å². The van der Waals surface area contributed by atoms with E-state index >= 15 is 0 Å². The van der Waals surface area contributed by atoms with Gasteiger partial charge in [-0.1, -0.05) is 6.42 Å². The zero-order valence-electron chi connectivity index (χ0n) is 14.5. The Kier molecular flexibility index (Phi) is 5.10. The van der Waals surface area contributed by atoms with Gasteiger partial charge in [-0.25, -0.2) is 0 Å². The molecule has 1 N–H and O–H groups in total. The molecule has 0 aliphatic carbocycles. The number of amides is 1. The van der Waals surface area contributed by atoms with Crippen LogP contribution < -0.4 is 10.2 Å². The van der Waals surface area contributed by atoms with Crippen molar-refractivity contribution < 1.29 is 17.9 Å². The Bertz CT molecular complexity index is 804. The van der Waals surface area contributed by atoms with Crippen LogP contribution in [0.25, 0.3) is 0 Å². The quantitative estimate of drug-likeness (QED) is 0.881. The van der Waals surface area contributed by atoms with Crippen molar-refractivity contribution >= 4 is 27.5 Å². The standard InChI is InChI=1S/C17H23N3O4S/c1-12(11-24-2)18-17(21)13-7-8-14-15(10-13)25(22,23)19-16-6-4-3-5-9-20(14)16/h7-8,10,12H,3-6,9,11H2,1-2H3,(H,18,21). The molecule has 1 saturated heterocycles. The minimum absolute atomic E-state index is 0.102. The molecule has 1 amide bonds. The van der Waals surface area contributed by atoms with E-state index in [1.807, 2.05) is 11.8 Å². The van der Waals surface area contributed by atoms with Gasteiger partial charge in [0.15, 0.2) is 0 Å². The van der Waals surface area contributed by atoms with E-state index < -0.39 is 10.0 Å². The van der Waals surface area contributed by atoms with Gasteiger partial charge >= 0.3 is 0 Å². The zero-order chi connectivity index (χ0) is 18.0. The number of hydrogen-bond donors (Lipinski definition) is 1. The Morgan fingerprint density at radius 1 is 1.36 bits per heavy atom. The number of rotatable bonds is 4. The maximum Gasteiger partial charge on any atom is 0.286 e. The van der Waals surface area contributed by atoms with Crippen LogP contribution in [0.15, 0.2) is 27.5 Å². The summed E-state index contributed by atoms with van der Waals surface area (Å²) in [6, 6.07) is 4.63. The minimum Gasteiger partial charge on any atom is -0.383 e. The number of nitrogens with one attached hydrogen (secondary N) is 1. The lowest BCUT2D eigenvalue weighted by Gasteiger charge is -2.29. The monoisotopic (exact) mass is 365 g/mol. The number of carbonyl (C=O) groups excluding carboxylic acids is 1. The van der Waals surface area contributed by atoms with E-state index in [2.05, 4.69) is 9.71 Å². The molecule has 2 aliphatic heterocycles. The number of benzene rings is 1. The van der Waals surface area contributed by atoms with Crippen LogP contribution in [-0.2, 0) is 14.8 Å². The molecular weight excluding hydrogens is 342 g/mol. The fraction of sp³-hybridized carbons (Fsp3) is 0.529. The summed E-state index contributed by atoms with van der Waals surface area (Å²) in [7, 11) is -2.22. The molecule has 1 atom stereocenters. The molecule has 2 aliphatic rings. The molecule has 25 heavy (non-hydrogen) atoms. The summed E-state index contributed by atoms with van der Waals surface area (Å²) in [4.78, 5) is 14.4. The van der Waals surface area contributed by atoms with Crippen molar-refractivity contribution in [2.24, 2.45) is 4.40 Å². The molecular formula is C17H23N3O4S.